The van der Waals surface area contributed by atoms with Gasteiger partial charge in [-0.05, 0) is 18.1 Å². The molecule has 1 heterocycles. The Bertz CT molecular complexity index is 1060. The lowest BCUT2D eigenvalue weighted by Gasteiger charge is -2.12. The van der Waals surface area contributed by atoms with E-state index >= 15 is 0 Å². The number of non-ortho nitro benzene ring substituents is 1. The maximum Gasteiger partial charge on any atom is 0.490 e. The van der Waals surface area contributed by atoms with Gasteiger partial charge in [0, 0.05) is 42.9 Å². The van der Waals surface area contributed by atoms with E-state index in [4.69, 9.17) is 9.90 Å². The number of anilines is 2. The Morgan fingerprint density at radius 2 is 1.77 bits per heavy atom. The fraction of sp³-hybridized carbons (Fsp3) is 0.200. The molecule has 11 heteroatoms. The van der Waals surface area contributed by atoms with E-state index < -0.39 is 12.1 Å². The lowest BCUT2D eigenvalue weighted by Crippen LogP contribution is -2.21. The van der Waals surface area contributed by atoms with Gasteiger partial charge in [-0.25, -0.2) is 9.78 Å². The van der Waals surface area contributed by atoms with E-state index in [0.717, 1.165) is 40.9 Å². The maximum absolute atomic E-state index is 10.7. The van der Waals surface area contributed by atoms with Crippen molar-refractivity contribution in [3.8, 4) is 0 Å². The van der Waals surface area contributed by atoms with Crippen molar-refractivity contribution in [2.45, 2.75) is 12.6 Å². The highest BCUT2D eigenvalue weighted by Crippen LogP contribution is 2.25. The number of fused-ring (bicyclic) bond motifs is 1. The number of carbonyl (C=O) groups is 1. The Balaban J connectivity index is 0.000000423. The first-order valence-corrected chi connectivity index (χ1v) is 8.96. The first kappa shape index (κ1) is 23.4. The maximum atomic E-state index is 10.7. The van der Waals surface area contributed by atoms with Gasteiger partial charge in [-0.1, -0.05) is 30.3 Å². The summed E-state index contributed by atoms with van der Waals surface area (Å²) in [5.74, 6) is -1.95. The number of nitro benzene ring substituents is 1. The summed E-state index contributed by atoms with van der Waals surface area (Å²) >= 11 is 0. The number of nitrogens with zero attached hydrogens (tertiary/aromatic N) is 2. The summed E-state index contributed by atoms with van der Waals surface area (Å²) in [5.41, 5.74) is 3.12. The Hall–Kier alpha value is -3.89. The van der Waals surface area contributed by atoms with Crippen LogP contribution in [0.5, 0.6) is 0 Å². The van der Waals surface area contributed by atoms with Gasteiger partial charge in [0.1, 0.15) is 5.82 Å². The third-order valence-electron chi connectivity index (χ3n) is 4.09. The van der Waals surface area contributed by atoms with E-state index in [1.807, 2.05) is 37.4 Å². The van der Waals surface area contributed by atoms with Gasteiger partial charge in [-0.15, -0.1) is 0 Å². The fourth-order valence-electron chi connectivity index (χ4n) is 2.58. The van der Waals surface area contributed by atoms with Crippen LogP contribution in [0.15, 0.2) is 54.6 Å². The van der Waals surface area contributed by atoms with Crippen LogP contribution < -0.4 is 10.6 Å². The third-order valence-corrected chi connectivity index (χ3v) is 4.09. The summed E-state index contributed by atoms with van der Waals surface area (Å²) in [6, 6.07) is 16.6. The molecule has 2 aromatic carbocycles. The highest BCUT2D eigenvalue weighted by atomic mass is 19.4. The molecule has 3 aromatic rings. The van der Waals surface area contributed by atoms with E-state index in [2.05, 4.69) is 15.6 Å². The number of nitro groups is 1. The lowest BCUT2D eigenvalue weighted by molar-refractivity contribution is -0.384. The summed E-state index contributed by atoms with van der Waals surface area (Å²) in [4.78, 5) is 23.7. The number of benzene rings is 2. The first-order valence-electron chi connectivity index (χ1n) is 8.96. The second-order valence-corrected chi connectivity index (χ2v) is 6.23. The van der Waals surface area contributed by atoms with Crippen LogP contribution >= 0.6 is 0 Å². The molecule has 3 rings (SSSR count). The quantitative estimate of drug-likeness (QED) is 0.385. The van der Waals surface area contributed by atoms with Crippen molar-refractivity contribution in [3.05, 3.63) is 70.3 Å². The van der Waals surface area contributed by atoms with Gasteiger partial charge in [0.15, 0.2) is 0 Å². The molecule has 0 unspecified atom stereocenters. The monoisotopic (exact) mass is 436 g/mol. The molecule has 1 aromatic heterocycles. The number of carboxylic acid groups (broad SMARTS) is 1. The number of alkyl halides is 3. The standard InChI is InChI=1S/C18H18N4O2.C2HF3O2/c1-19-18-12-17(15-4-2-3-5-16(15)21-18)20-11-10-13-6-8-14(9-7-13)22(23)24;3-2(4,5)1(6)7/h2-9,12H,10-11H2,1H3,(H2,19,20,21);(H,6,7). The summed E-state index contributed by atoms with van der Waals surface area (Å²) < 4.78 is 31.7. The van der Waals surface area contributed by atoms with Crippen molar-refractivity contribution in [2.75, 3.05) is 24.2 Å². The molecule has 0 aliphatic heterocycles. The van der Waals surface area contributed by atoms with Crippen LogP contribution in [-0.4, -0.2) is 40.8 Å². The molecular formula is C20H19F3N4O4. The van der Waals surface area contributed by atoms with Crippen LogP contribution in [0, 0.1) is 10.1 Å². The van der Waals surface area contributed by atoms with Crippen molar-refractivity contribution >= 4 is 34.1 Å². The van der Waals surface area contributed by atoms with Gasteiger partial charge in [0.2, 0.25) is 0 Å². The molecular weight excluding hydrogens is 417 g/mol. The summed E-state index contributed by atoms with van der Waals surface area (Å²) in [7, 11) is 1.85. The van der Waals surface area contributed by atoms with Crippen molar-refractivity contribution < 1.29 is 28.0 Å². The number of para-hydroxylation sites is 1. The number of aromatic nitrogens is 1. The van der Waals surface area contributed by atoms with E-state index in [9.17, 15) is 23.3 Å². The second kappa shape index (κ2) is 10.2. The lowest BCUT2D eigenvalue weighted by atomic mass is 10.1. The van der Waals surface area contributed by atoms with Crippen LogP contribution in [0.4, 0.5) is 30.4 Å². The molecule has 0 bridgehead atoms. The molecule has 0 atom stereocenters. The molecule has 0 spiro atoms. The van der Waals surface area contributed by atoms with Crippen LogP contribution in [-0.2, 0) is 11.2 Å². The van der Waals surface area contributed by atoms with Gasteiger partial charge in [-0.2, -0.15) is 13.2 Å². The Morgan fingerprint density at radius 3 is 2.32 bits per heavy atom. The Kier molecular flexibility index (Phi) is 7.72. The van der Waals surface area contributed by atoms with Crippen molar-refractivity contribution in [1.29, 1.82) is 0 Å². The molecule has 0 radical (unpaired) electrons. The van der Waals surface area contributed by atoms with Crippen LogP contribution in [0.1, 0.15) is 5.56 Å². The molecule has 0 saturated carbocycles. The van der Waals surface area contributed by atoms with E-state index in [1.54, 1.807) is 12.1 Å². The number of aliphatic carboxylic acids is 1. The Morgan fingerprint density at radius 1 is 1.16 bits per heavy atom. The topological polar surface area (TPSA) is 117 Å². The van der Waals surface area contributed by atoms with Crippen molar-refractivity contribution in [3.63, 3.8) is 0 Å². The zero-order chi connectivity index (χ0) is 23.0. The zero-order valence-electron chi connectivity index (χ0n) is 16.3. The van der Waals surface area contributed by atoms with E-state index in [1.165, 1.54) is 12.1 Å². The largest absolute Gasteiger partial charge is 0.490 e. The molecule has 164 valence electrons. The summed E-state index contributed by atoms with van der Waals surface area (Å²) in [6.45, 7) is 0.731. The van der Waals surface area contributed by atoms with Crippen LogP contribution in [0.3, 0.4) is 0 Å². The average Bonchev–Trinajstić information content (AvgIpc) is 2.73. The predicted octanol–water partition coefficient (Wildman–Crippen LogP) is 4.47. The van der Waals surface area contributed by atoms with Crippen LogP contribution in [0.25, 0.3) is 10.9 Å². The van der Waals surface area contributed by atoms with E-state index in [0.29, 0.717) is 0 Å². The van der Waals surface area contributed by atoms with Gasteiger partial charge in [0.05, 0.1) is 10.4 Å². The highest BCUT2D eigenvalue weighted by Gasteiger charge is 2.38. The van der Waals surface area contributed by atoms with Crippen molar-refractivity contribution in [2.24, 2.45) is 0 Å². The number of carboxylic acids is 1. The number of rotatable bonds is 6. The normalized spacial score (nSPS) is 10.7. The third kappa shape index (κ3) is 6.84. The van der Waals surface area contributed by atoms with Gasteiger partial charge in [0.25, 0.3) is 5.69 Å². The minimum Gasteiger partial charge on any atom is -0.475 e. The molecule has 0 amide bonds. The molecule has 8 nitrogen and oxygen atoms in total. The molecule has 0 aliphatic carbocycles. The van der Waals surface area contributed by atoms with Crippen LogP contribution in [0.2, 0.25) is 0 Å². The number of pyridine rings is 1. The number of hydrogen-bond donors (Lipinski definition) is 3. The molecule has 3 N–H and O–H groups in total. The highest BCUT2D eigenvalue weighted by molar-refractivity contribution is 5.93. The summed E-state index contributed by atoms with van der Waals surface area (Å²) in [6.07, 6.45) is -4.30. The van der Waals surface area contributed by atoms with Gasteiger partial charge < -0.3 is 15.7 Å². The second-order valence-electron chi connectivity index (χ2n) is 6.23. The van der Waals surface area contributed by atoms with Gasteiger partial charge in [-0.3, -0.25) is 10.1 Å². The van der Waals surface area contributed by atoms with Crippen molar-refractivity contribution in [1.82, 2.24) is 4.98 Å². The SMILES string of the molecule is CNc1cc(NCCc2ccc([N+](=O)[O-])cc2)c2ccccc2n1.O=C(O)C(F)(F)F. The zero-order valence-corrected chi connectivity index (χ0v) is 16.3. The molecule has 0 saturated heterocycles. The van der Waals surface area contributed by atoms with E-state index in [-0.39, 0.29) is 10.6 Å². The number of nitrogens with one attached hydrogen (secondary N) is 2. The summed E-state index contributed by atoms with van der Waals surface area (Å²) in [5, 5.41) is 25.4. The molecule has 0 fully saturated rings. The number of hydrogen-bond acceptors (Lipinski definition) is 6. The first-order chi connectivity index (χ1) is 14.6. The van der Waals surface area contributed by atoms with Gasteiger partial charge >= 0.3 is 12.1 Å². The Labute approximate surface area is 174 Å². The number of halogens is 3. The fourth-order valence-corrected chi connectivity index (χ4v) is 2.58. The minimum absolute atomic E-state index is 0.116. The predicted molar refractivity (Wildman–Crippen MR) is 110 cm³/mol. The average molecular weight is 436 g/mol. The molecule has 31 heavy (non-hydrogen) atoms. The smallest absolute Gasteiger partial charge is 0.475 e. The minimum atomic E-state index is -5.08. The molecule has 0 aliphatic rings.